The molecule has 2 aromatic rings. The number of nitro groups is 1. The monoisotopic (exact) mass is 276 g/mol. The molecule has 0 aromatic carbocycles. The summed E-state index contributed by atoms with van der Waals surface area (Å²) >= 11 is 0. The van der Waals surface area contributed by atoms with E-state index in [1.165, 1.54) is 0 Å². The number of nitrogens with zero attached hydrogens (tertiary/aromatic N) is 5. The highest BCUT2D eigenvalue weighted by Gasteiger charge is 2.30. The van der Waals surface area contributed by atoms with Crippen LogP contribution in [0.25, 0.3) is 0 Å². The highest BCUT2D eigenvalue weighted by molar-refractivity contribution is 5.21. The minimum atomic E-state index is -4.40. The van der Waals surface area contributed by atoms with E-state index in [9.17, 15) is 23.3 Å². The van der Waals surface area contributed by atoms with Gasteiger partial charge in [-0.25, -0.2) is 0 Å². The van der Waals surface area contributed by atoms with Crippen molar-refractivity contribution in [3.05, 3.63) is 33.9 Å². The van der Waals surface area contributed by atoms with Crippen molar-refractivity contribution in [2.45, 2.75) is 19.1 Å². The molecule has 0 aliphatic carbocycles. The maximum absolute atomic E-state index is 12.3. The molecule has 0 unspecified atom stereocenters. The average Bonchev–Trinajstić information content (AvgIpc) is 2.87. The second kappa shape index (κ2) is 4.66. The van der Waals surface area contributed by atoms with E-state index >= 15 is 0 Å². The van der Waals surface area contributed by atoms with Crippen LogP contribution in [-0.4, -0.2) is 36.3 Å². The lowest BCUT2D eigenvalue weighted by molar-refractivity contribution is -0.385. The molecular weight excluding hydrogens is 269 g/mol. The summed E-state index contributed by atoms with van der Waals surface area (Å²) in [5.41, 5.74) is -0.397. The fourth-order valence-electron chi connectivity index (χ4n) is 1.42. The molecular formula is C8H7F3N6O2. The van der Waals surface area contributed by atoms with E-state index in [1.54, 1.807) is 0 Å². The van der Waals surface area contributed by atoms with Gasteiger partial charge in [0.1, 0.15) is 12.4 Å². The highest BCUT2D eigenvalue weighted by atomic mass is 19.4. The molecule has 8 nitrogen and oxygen atoms in total. The zero-order valence-corrected chi connectivity index (χ0v) is 9.26. The van der Waals surface area contributed by atoms with Gasteiger partial charge < -0.3 is 0 Å². The van der Waals surface area contributed by atoms with E-state index in [-0.39, 0.29) is 23.6 Å². The van der Waals surface area contributed by atoms with Crippen LogP contribution in [0.15, 0.2) is 12.4 Å². The summed E-state index contributed by atoms with van der Waals surface area (Å²) in [5, 5.41) is 23.1. The summed E-state index contributed by atoms with van der Waals surface area (Å²) in [5.74, 6) is 0. The van der Waals surface area contributed by atoms with Crippen LogP contribution in [-0.2, 0) is 13.0 Å². The summed E-state index contributed by atoms with van der Waals surface area (Å²) in [4.78, 5) is 9.79. The Morgan fingerprint density at radius 1 is 1.47 bits per heavy atom. The number of aromatic amines is 1. The van der Waals surface area contributed by atoms with Gasteiger partial charge in [0.15, 0.2) is 0 Å². The molecule has 2 heterocycles. The predicted molar refractivity (Wildman–Crippen MR) is 54.1 cm³/mol. The molecule has 102 valence electrons. The van der Waals surface area contributed by atoms with Crippen LogP contribution < -0.4 is 0 Å². The summed E-state index contributed by atoms with van der Waals surface area (Å²) in [6.45, 7) is -0.105. The lowest BCUT2D eigenvalue weighted by Gasteiger charge is -2.05. The summed E-state index contributed by atoms with van der Waals surface area (Å²) < 4.78 is 37.9. The summed E-state index contributed by atoms with van der Waals surface area (Å²) in [7, 11) is 0. The smallest absolute Gasteiger partial charge is 0.260 e. The Morgan fingerprint density at radius 3 is 2.79 bits per heavy atom. The Hall–Kier alpha value is -2.46. The molecule has 2 aromatic heterocycles. The van der Waals surface area contributed by atoms with E-state index in [1.807, 2.05) is 0 Å². The molecule has 0 atom stereocenters. The second-order valence-electron chi connectivity index (χ2n) is 3.68. The molecule has 1 N–H and O–H groups in total. The third-order valence-corrected chi connectivity index (χ3v) is 2.22. The van der Waals surface area contributed by atoms with Gasteiger partial charge in [-0.05, 0) is 0 Å². The van der Waals surface area contributed by atoms with Crippen LogP contribution in [0.3, 0.4) is 0 Å². The minimum absolute atomic E-state index is 0.105. The quantitative estimate of drug-likeness (QED) is 0.664. The van der Waals surface area contributed by atoms with Crippen molar-refractivity contribution in [2.75, 3.05) is 0 Å². The number of aromatic nitrogens is 5. The van der Waals surface area contributed by atoms with Crippen molar-refractivity contribution in [2.24, 2.45) is 0 Å². The molecule has 0 amide bonds. The van der Waals surface area contributed by atoms with E-state index in [0.717, 1.165) is 17.1 Å². The van der Waals surface area contributed by atoms with Crippen molar-refractivity contribution < 1.29 is 18.1 Å². The molecule has 2 rings (SSSR count). The van der Waals surface area contributed by atoms with Crippen molar-refractivity contribution in [3.8, 4) is 0 Å². The zero-order chi connectivity index (χ0) is 14.0. The Balaban J connectivity index is 2.15. The molecule has 19 heavy (non-hydrogen) atoms. The van der Waals surface area contributed by atoms with Crippen LogP contribution in [0.4, 0.5) is 18.9 Å². The highest BCUT2D eigenvalue weighted by Crippen LogP contribution is 2.21. The number of hydrogen-bond donors (Lipinski definition) is 1. The fraction of sp³-hybridized carbons (Fsp3) is 0.375. The van der Waals surface area contributed by atoms with Gasteiger partial charge in [0.2, 0.25) is 0 Å². The van der Waals surface area contributed by atoms with Crippen molar-refractivity contribution in [3.63, 3.8) is 0 Å². The number of hydrogen-bond acceptors (Lipinski definition) is 5. The van der Waals surface area contributed by atoms with Gasteiger partial charge in [-0.3, -0.25) is 19.9 Å². The molecule has 0 fully saturated rings. The zero-order valence-electron chi connectivity index (χ0n) is 9.26. The van der Waals surface area contributed by atoms with Gasteiger partial charge in [0, 0.05) is 0 Å². The average molecular weight is 276 g/mol. The van der Waals surface area contributed by atoms with Crippen LogP contribution in [0, 0.1) is 10.1 Å². The number of nitrogens with one attached hydrogen (secondary N) is 1. The first-order valence-corrected chi connectivity index (χ1v) is 4.97. The van der Waals surface area contributed by atoms with Gasteiger partial charge in [0.25, 0.3) is 0 Å². The maximum atomic E-state index is 12.3. The van der Waals surface area contributed by atoms with Crippen molar-refractivity contribution in [1.29, 1.82) is 0 Å². The number of H-pyrrole nitrogens is 1. The van der Waals surface area contributed by atoms with Crippen LogP contribution in [0.2, 0.25) is 0 Å². The number of halogens is 3. The van der Waals surface area contributed by atoms with Gasteiger partial charge >= 0.3 is 11.9 Å². The number of alkyl halides is 3. The molecule has 0 aliphatic rings. The Kier molecular flexibility index (Phi) is 3.19. The normalized spacial score (nSPS) is 11.7. The third-order valence-electron chi connectivity index (χ3n) is 2.22. The van der Waals surface area contributed by atoms with Gasteiger partial charge in [-0.1, -0.05) is 5.21 Å². The van der Waals surface area contributed by atoms with E-state index in [2.05, 4.69) is 20.5 Å². The molecule has 11 heteroatoms. The Morgan fingerprint density at radius 2 is 2.21 bits per heavy atom. The van der Waals surface area contributed by atoms with Crippen molar-refractivity contribution in [1.82, 2.24) is 25.2 Å². The molecule has 0 bridgehead atoms. The first-order chi connectivity index (χ1) is 8.85. The van der Waals surface area contributed by atoms with Gasteiger partial charge in [-0.15, -0.1) is 5.10 Å². The fourth-order valence-corrected chi connectivity index (χ4v) is 1.42. The lowest BCUT2D eigenvalue weighted by atomic mass is 10.2. The second-order valence-corrected chi connectivity index (χ2v) is 3.68. The maximum Gasteiger partial charge on any atom is 0.394 e. The standard InChI is InChI=1S/C8H7F3N6O2/c9-8(10,11)1-6-7(14-15-13-6)4-16-3-5(2-12-16)17(18)19/h2-3H,1,4H2,(H,13,14,15). The minimum Gasteiger partial charge on any atom is -0.260 e. The molecule has 0 saturated heterocycles. The molecule has 0 saturated carbocycles. The Bertz CT molecular complexity index is 589. The van der Waals surface area contributed by atoms with E-state index < -0.39 is 17.5 Å². The van der Waals surface area contributed by atoms with E-state index in [0.29, 0.717) is 0 Å². The largest absolute Gasteiger partial charge is 0.394 e. The van der Waals surface area contributed by atoms with Gasteiger partial charge in [0.05, 0.1) is 29.3 Å². The topological polar surface area (TPSA) is 103 Å². The van der Waals surface area contributed by atoms with Crippen LogP contribution >= 0.6 is 0 Å². The first-order valence-electron chi connectivity index (χ1n) is 4.97. The third kappa shape index (κ3) is 3.26. The van der Waals surface area contributed by atoms with Crippen molar-refractivity contribution >= 4 is 5.69 Å². The molecule has 0 aliphatic heterocycles. The predicted octanol–water partition coefficient (Wildman–Crippen LogP) is 1.06. The first kappa shape index (κ1) is 13.0. The molecule has 0 spiro atoms. The summed E-state index contributed by atoms with van der Waals surface area (Å²) in [6, 6.07) is 0. The summed E-state index contributed by atoms with van der Waals surface area (Å²) in [6.07, 6.45) is -3.50. The van der Waals surface area contributed by atoms with Crippen LogP contribution in [0.1, 0.15) is 11.4 Å². The van der Waals surface area contributed by atoms with Crippen LogP contribution in [0.5, 0.6) is 0 Å². The number of rotatable bonds is 4. The Labute approximate surface area is 103 Å². The van der Waals surface area contributed by atoms with Gasteiger partial charge in [-0.2, -0.15) is 18.3 Å². The lowest BCUT2D eigenvalue weighted by Crippen LogP contribution is -2.14. The SMILES string of the molecule is O=[N+]([O-])c1cnn(Cc2[nH]nnc2CC(F)(F)F)c1. The van der Waals surface area contributed by atoms with E-state index in [4.69, 9.17) is 0 Å². The molecule has 0 radical (unpaired) electrons.